The van der Waals surface area contributed by atoms with E-state index in [1.807, 2.05) is 0 Å². The Labute approximate surface area is 222 Å². The highest BCUT2D eigenvalue weighted by molar-refractivity contribution is 4.93. The minimum absolute atomic E-state index is 0. The lowest BCUT2D eigenvalue weighted by molar-refractivity contribution is -0.349. The van der Waals surface area contributed by atoms with E-state index in [0.717, 1.165) is 0 Å². The molecule has 0 aromatic rings. The topological polar surface area (TPSA) is 237 Å². The first-order valence-corrected chi connectivity index (χ1v) is 12.1. The summed E-state index contributed by atoms with van der Waals surface area (Å²) >= 11 is 0. The Kier molecular flexibility index (Phi) is 14.1. The molecular weight excluding hydrogens is 523 g/mol. The van der Waals surface area contributed by atoms with Gasteiger partial charge >= 0.3 is 0 Å². The van der Waals surface area contributed by atoms with Gasteiger partial charge in [0.2, 0.25) is 0 Å². The molecule has 230 valence electrons. The van der Waals surface area contributed by atoms with Crippen LogP contribution in [0.25, 0.3) is 0 Å². The van der Waals surface area contributed by atoms with Gasteiger partial charge in [0, 0.05) is 27.5 Å². The zero-order valence-corrected chi connectivity index (χ0v) is 21.6. The van der Waals surface area contributed by atoms with Gasteiger partial charge in [-0.15, -0.1) is 0 Å². The molecule has 15 nitrogen and oxygen atoms in total. The van der Waals surface area contributed by atoms with E-state index in [0.29, 0.717) is 0 Å². The number of halogens is 1. The summed E-state index contributed by atoms with van der Waals surface area (Å²) < 4.78 is 44.6. The number of rotatable bonds is 7. The Morgan fingerprint density at radius 3 is 1.45 bits per heavy atom. The Bertz CT molecular complexity index is 638. The fourth-order valence-electron chi connectivity index (χ4n) is 4.50. The van der Waals surface area contributed by atoms with Gasteiger partial charge in [-0.2, -0.15) is 0 Å². The average molecular weight is 573 g/mol. The zero-order valence-electron chi connectivity index (χ0n) is 22.6. The number of methoxy groups -OCH3 is 2. The molecule has 15 atom stereocenters. The quantitative estimate of drug-likeness (QED) is 0.140. The minimum Gasteiger partial charge on any atom is -0.394 e. The van der Waals surface area contributed by atoms with Gasteiger partial charge in [-0.05, 0) is 0 Å². The second-order valence-electron chi connectivity index (χ2n) is 9.41. The van der Waals surface area contributed by atoms with Gasteiger partial charge in [0.05, 0.1) is 32.0 Å². The molecule has 3 fully saturated rings. The Hall–Kier alpha value is -0.670. The van der Waals surface area contributed by atoms with Crippen LogP contribution < -0.4 is 0 Å². The summed E-state index contributed by atoms with van der Waals surface area (Å²) in [6, 6.07) is 0. The number of aliphatic hydroxyl groups is 9. The first-order valence-electron chi connectivity index (χ1n) is 12.4. The summed E-state index contributed by atoms with van der Waals surface area (Å²) in [4.78, 5) is 0. The Balaban J connectivity index is 0.000000807. The molecule has 0 aromatic heterocycles. The first-order chi connectivity index (χ1) is 18.5. The summed E-state index contributed by atoms with van der Waals surface area (Å²) in [5, 5.41) is 86.2. The molecule has 0 radical (unpaired) electrons. The van der Waals surface area contributed by atoms with E-state index >= 15 is 0 Å². The van der Waals surface area contributed by atoms with Gasteiger partial charge in [-0.3, -0.25) is 4.72 Å². The van der Waals surface area contributed by atoms with Gasteiger partial charge in [0.25, 0.3) is 1.45 Å². The summed E-state index contributed by atoms with van der Waals surface area (Å²) in [5.74, 6) is -0.789. The molecule has 0 bridgehead atoms. The molecule has 3 aliphatic heterocycles. The van der Waals surface area contributed by atoms with Crippen LogP contribution in [0.1, 0.15) is 15.3 Å². The summed E-state index contributed by atoms with van der Waals surface area (Å²) in [7, 11) is 2.86. The van der Waals surface area contributed by atoms with Crippen LogP contribution >= 0.6 is 0 Å². The summed E-state index contributed by atoms with van der Waals surface area (Å²) in [6.07, 6.45) is -14.4. The van der Waals surface area contributed by atoms with Crippen molar-refractivity contribution in [1.29, 1.82) is 1.45 Å². The molecule has 3 rings (SSSR count). The lowest BCUT2D eigenvalue weighted by Crippen LogP contribution is -2.63. The smallest absolute Gasteiger partial charge is 0.269 e. The van der Waals surface area contributed by atoms with Crippen LogP contribution in [0.3, 0.4) is 0 Å². The molecule has 3 aliphatic rings. The highest BCUT2D eigenvalue weighted by Crippen LogP contribution is 2.32. The zero-order chi connectivity index (χ0) is 30.0. The van der Waals surface area contributed by atoms with Crippen molar-refractivity contribution in [3.63, 3.8) is 0 Å². The van der Waals surface area contributed by atoms with Crippen molar-refractivity contribution in [2.24, 2.45) is 11.8 Å². The highest BCUT2D eigenvalue weighted by Gasteiger charge is 2.49. The van der Waals surface area contributed by atoms with E-state index in [1.165, 1.54) is 14.2 Å². The maximum atomic E-state index is 10.3. The Morgan fingerprint density at radius 1 is 0.605 bits per heavy atom. The molecule has 3 saturated heterocycles. The van der Waals surface area contributed by atoms with Crippen LogP contribution in [0.5, 0.6) is 0 Å². The predicted octanol–water partition coefficient (Wildman–Crippen LogP) is -4.36. The van der Waals surface area contributed by atoms with Gasteiger partial charge < -0.3 is 74.4 Å². The molecular formula is C22H45FO15. The van der Waals surface area contributed by atoms with Crippen LogP contribution in [0.2, 0.25) is 0 Å². The SMILES string of the molecule is CO[C@H]1OC(CO)[C@H](O)[C@H](O)C1C.CO[C@H]1OC(CO)[C@H](O)[C@H](O[C@@H]2OC(CO)[C@H](O)[C@H](O)C2O)C1C.[3HH].[3H]F. The summed E-state index contributed by atoms with van der Waals surface area (Å²) in [6.45, 7) is 2.01. The molecule has 3 heterocycles. The molecule has 38 heavy (non-hydrogen) atoms. The van der Waals surface area contributed by atoms with Gasteiger partial charge in [0.15, 0.2) is 18.9 Å². The lowest BCUT2D eigenvalue weighted by Gasteiger charge is -2.46. The predicted molar refractivity (Wildman–Crippen MR) is 125 cm³/mol. The first kappa shape index (κ1) is 33.5. The standard InChI is InChI=1S/C14H26O10.C8H16O5.FH.H2/c1-5-12(9(18)7(4-16)22-13(5)21-2)24-14-11(20)10(19)8(17)6(3-15)23-14;1-4-6(10)7(11)5(3-9)13-8(4)12-2;;/h5-20H,3-4H2,1-2H3;4-11H,3H2,1-2H3;2*1H/t5?,6?,7?,8-,9-,10-,11?,12+,13-,14-;4?,5?,6-,7+,8+;;/m01../s1/i;;;1+2/hT. The van der Waals surface area contributed by atoms with Crippen LogP contribution in [-0.2, 0) is 28.4 Å². The largest absolute Gasteiger partial charge is 0.394 e. The average Bonchev–Trinajstić information content (AvgIpc) is 2.95. The number of hydrogen-bond donors (Lipinski definition) is 9. The second-order valence-corrected chi connectivity index (χ2v) is 9.41. The third kappa shape index (κ3) is 7.74. The van der Waals surface area contributed by atoms with Crippen LogP contribution in [0.4, 0.5) is 4.72 Å². The third-order valence-corrected chi connectivity index (χ3v) is 6.95. The van der Waals surface area contributed by atoms with Crippen molar-refractivity contribution < 1.29 is 80.5 Å². The molecule has 0 saturated carbocycles. The maximum absolute atomic E-state index is 10.3. The van der Waals surface area contributed by atoms with E-state index in [9.17, 15) is 40.9 Å². The van der Waals surface area contributed by atoms with Crippen LogP contribution in [0.15, 0.2) is 0 Å². The van der Waals surface area contributed by atoms with Crippen LogP contribution in [0, 0.1) is 11.8 Å². The number of ether oxygens (including phenoxy) is 6. The second kappa shape index (κ2) is 15.9. The number of hydrogen-bond acceptors (Lipinski definition) is 15. The molecule has 16 heteroatoms. The van der Waals surface area contributed by atoms with Crippen molar-refractivity contribution >= 4 is 0 Å². The van der Waals surface area contributed by atoms with E-state index < -0.39 is 99.0 Å². The monoisotopic (exact) mass is 572 g/mol. The maximum Gasteiger partial charge on any atom is 0.269 e. The van der Waals surface area contributed by atoms with Crippen molar-refractivity contribution in [2.45, 2.75) is 93.8 Å². The Morgan fingerprint density at radius 2 is 1.00 bits per heavy atom. The fraction of sp³-hybridized carbons (Fsp3) is 1.00. The van der Waals surface area contributed by atoms with Gasteiger partial charge in [-0.25, -0.2) is 0 Å². The molecule has 6 unspecified atom stereocenters. The summed E-state index contributed by atoms with van der Waals surface area (Å²) in [5.41, 5.74) is 0. The van der Waals surface area contributed by atoms with Crippen molar-refractivity contribution in [3.05, 3.63) is 0 Å². The van der Waals surface area contributed by atoms with Crippen molar-refractivity contribution in [2.75, 3.05) is 34.0 Å². The number of aliphatic hydroxyl groups excluding tert-OH is 9. The lowest BCUT2D eigenvalue weighted by atomic mass is 9.91. The van der Waals surface area contributed by atoms with E-state index in [2.05, 4.69) is 1.45 Å². The molecule has 0 amide bonds. The highest BCUT2D eigenvalue weighted by atomic mass is 19.0. The van der Waals surface area contributed by atoms with Gasteiger partial charge in [-0.1, -0.05) is 13.8 Å². The molecule has 0 aliphatic carbocycles. The van der Waals surface area contributed by atoms with Crippen LogP contribution in [-0.4, -0.2) is 161 Å². The minimum atomic E-state index is -1.58. The van der Waals surface area contributed by atoms with E-state index in [-0.39, 0.29) is 14.0 Å². The molecule has 9 N–H and O–H groups in total. The fourth-order valence-corrected chi connectivity index (χ4v) is 4.50. The van der Waals surface area contributed by atoms with E-state index in [1.54, 1.807) is 13.8 Å². The molecule has 0 aromatic carbocycles. The third-order valence-electron chi connectivity index (χ3n) is 6.95. The molecule has 0 spiro atoms. The van der Waals surface area contributed by atoms with Crippen molar-refractivity contribution in [3.8, 4) is 0 Å². The van der Waals surface area contributed by atoms with Crippen molar-refractivity contribution in [1.82, 2.24) is 0 Å². The normalized spacial score (nSPS) is 47.6. The van der Waals surface area contributed by atoms with Gasteiger partial charge in [0.1, 0.15) is 48.8 Å². The van der Waals surface area contributed by atoms with E-state index in [4.69, 9.17) is 38.2 Å².